The van der Waals surface area contributed by atoms with Crippen LogP contribution in [-0.2, 0) is 9.47 Å². The van der Waals surface area contributed by atoms with Gasteiger partial charge in [-0.25, -0.2) is 4.79 Å². The lowest BCUT2D eigenvalue weighted by Gasteiger charge is -2.45. The SMILES string of the molecule is CC1(COCCCCCCOc2ccc(C(=O)Oc3ccc(OC(F)(F)C(F)(F)C(F)(F)C(F)(F)C(F)(F)C(F)(F)C(F)(F)C(F)(F)C(F)(F)C(F)(F)C(F)(F)F)cc3)cc2)COC1. The molecule has 1 aliphatic rings. The van der Waals surface area contributed by atoms with Crippen LogP contribution in [0.1, 0.15) is 43.0 Å². The molecule has 3 rings (SSSR count). The molecule has 2 aromatic rings. The van der Waals surface area contributed by atoms with Crippen LogP contribution in [0.5, 0.6) is 17.2 Å². The molecule has 1 aliphatic heterocycles. The maximum atomic E-state index is 14.3. The van der Waals surface area contributed by atoms with Crippen LogP contribution in [0.3, 0.4) is 0 Å². The van der Waals surface area contributed by atoms with Crippen molar-refractivity contribution < 1.29 is 129 Å². The summed E-state index contributed by atoms with van der Waals surface area (Å²) in [6.45, 7) is 4.74. The van der Waals surface area contributed by atoms with E-state index in [4.69, 9.17) is 18.9 Å². The van der Waals surface area contributed by atoms with Crippen molar-refractivity contribution in [2.45, 2.75) is 98.2 Å². The van der Waals surface area contributed by atoms with Crippen molar-refractivity contribution >= 4 is 5.97 Å². The van der Waals surface area contributed by atoms with Crippen LogP contribution in [0.15, 0.2) is 48.5 Å². The number of carbonyl (C=O) groups excluding carboxylic acids is 1. The van der Waals surface area contributed by atoms with Crippen LogP contribution < -0.4 is 14.2 Å². The molecule has 0 aliphatic carbocycles. The van der Waals surface area contributed by atoms with Gasteiger partial charge in [-0.15, -0.1) is 0 Å². The molecule has 0 amide bonds. The van der Waals surface area contributed by atoms with Crippen molar-refractivity contribution in [2.75, 3.05) is 33.0 Å². The Hall–Kier alpha value is -4.18. The molecule has 0 unspecified atom stereocenters. The topological polar surface area (TPSA) is 63.2 Å². The number of hydrogen-bond acceptors (Lipinski definition) is 6. The van der Waals surface area contributed by atoms with Crippen LogP contribution in [0, 0.1) is 5.41 Å². The van der Waals surface area contributed by atoms with E-state index < -0.39 is 83.1 Å². The summed E-state index contributed by atoms with van der Waals surface area (Å²) in [7, 11) is 0. The quantitative estimate of drug-likeness (QED) is 0.0478. The molecule has 1 fully saturated rings. The highest BCUT2D eigenvalue weighted by Gasteiger charge is 2.99. The third kappa shape index (κ3) is 9.55. The van der Waals surface area contributed by atoms with Gasteiger partial charge in [0.25, 0.3) is 0 Å². The van der Waals surface area contributed by atoms with E-state index in [2.05, 4.69) is 4.74 Å². The minimum atomic E-state index is -9.50. The predicted molar refractivity (Wildman–Crippen MR) is 168 cm³/mol. The summed E-state index contributed by atoms with van der Waals surface area (Å²) in [5, 5.41) is 0. The summed E-state index contributed by atoms with van der Waals surface area (Å²) < 4.78 is 339. The smallest absolute Gasteiger partial charge is 0.471 e. The van der Waals surface area contributed by atoms with Crippen LogP contribution in [0.4, 0.5) is 101 Å². The first-order valence-corrected chi connectivity index (χ1v) is 17.5. The van der Waals surface area contributed by atoms with Crippen molar-refractivity contribution in [1.29, 1.82) is 0 Å². The highest BCUT2D eigenvalue weighted by Crippen LogP contribution is 2.67. The molecule has 0 N–H and O–H groups in total. The standard InChI is InChI=1S/C35H29F23O6/c1-24(17-61-18-24)16-60-14-4-2-3-5-15-62-20-8-6-19(7-9-20)23(59)63-21-10-12-22(13-11-21)64-35(57,58)33(52,53)31(48,49)29(44,45)27(40,41)25(36,37)26(38,39)28(42,43)30(46,47)32(50,51)34(54,55)56/h6-13H,2-5,14-18H2,1H3. The van der Waals surface area contributed by atoms with E-state index in [1.54, 1.807) is 0 Å². The molecule has 366 valence electrons. The Balaban J connectivity index is 1.66. The fraction of sp³-hybridized carbons (Fsp3) is 0.629. The average Bonchev–Trinajstić information content (AvgIpc) is 3.16. The summed E-state index contributed by atoms with van der Waals surface area (Å²) >= 11 is 0. The summed E-state index contributed by atoms with van der Waals surface area (Å²) in [4.78, 5) is 12.5. The monoisotopic (exact) mass is 982 g/mol. The van der Waals surface area contributed by atoms with Gasteiger partial charge >= 0.3 is 71.6 Å². The van der Waals surface area contributed by atoms with Crippen LogP contribution >= 0.6 is 0 Å². The second-order valence-corrected chi connectivity index (χ2v) is 14.3. The van der Waals surface area contributed by atoms with Gasteiger partial charge in [0.15, 0.2) is 0 Å². The average molecular weight is 983 g/mol. The number of hydrogen-bond donors (Lipinski definition) is 0. The maximum absolute atomic E-state index is 14.3. The fourth-order valence-electron chi connectivity index (χ4n) is 5.08. The zero-order valence-electron chi connectivity index (χ0n) is 31.6. The third-order valence-corrected chi connectivity index (χ3v) is 9.05. The van der Waals surface area contributed by atoms with Gasteiger partial charge in [-0.3, -0.25) is 0 Å². The summed E-state index contributed by atoms with van der Waals surface area (Å²) in [6.07, 6.45) is -12.4. The van der Waals surface area contributed by atoms with Gasteiger partial charge in [0.2, 0.25) is 0 Å². The van der Waals surface area contributed by atoms with Crippen LogP contribution in [0.2, 0.25) is 0 Å². The van der Waals surface area contributed by atoms with Crippen molar-refractivity contribution in [1.82, 2.24) is 0 Å². The zero-order valence-corrected chi connectivity index (χ0v) is 31.6. The van der Waals surface area contributed by atoms with Crippen LogP contribution in [-0.4, -0.2) is 105 Å². The van der Waals surface area contributed by atoms with Crippen molar-refractivity contribution in [3.8, 4) is 17.2 Å². The molecule has 0 bridgehead atoms. The van der Waals surface area contributed by atoms with Gasteiger partial charge in [-0.2, -0.15) is 101 Å². The van der Waals surface area contributed by atoms with Crippen LogP contribution in [0.25, 0.3) is 0 Å². The van der Waals surface area contributed by atoms with Gasteiger partial charge in [0.1, 0.15) is 17.2 Å². The normalized spacial score (nSPS) is 16.3. The van der Waals surface area contributed by atoms with Crippen molar-refractivity contribution in [2.24, 2.45) is 5.41 Å². The molecule has 0 aromatic heterocycles. The number of halogens is 23. The fourth-order valence-corrected chi connectivity index (χ4v) is 5.08. The molecule has 1 saturated heterocycles. The number of carbonyl (C=O) groups is 1. The molecular weight excluding hydrogens is 953 g/mol. The van der Waals surface area contributed by atoms with E-state index >= 15 is 0 Å². The molecular formula is C35H29F23O6. The number of unbranched alkanes of at least 4 members (excludes halogenated alkanes) is 3. The van der Waals surface area contributed by atoms with Gasteiger partial charge in [-0.1, -0.05) is 13.3 Å². The van der Waals surface area contributed by atoms with E-state index in [1.165, 1.54) is 12.1 Å². The Morgan fingerprint density at radius 2 is 0.875 bits per heavy atom. The Morgan fingerprint density at radius 1 is 0.500 bits per heavy atom. The Kier molecular flexibility index (Phi) is 15.1. The summed E-state index contributed by atoms with van der Waals surface area (Å²) in [6, 6.07) is 5.62. The zero-order chi connectivity index (χ0) is 49.4. The summed E-state index contributed by atoms with van der Waals surface area (Å²) in [5.41, 5.74) is -0.191. The number of rotatable bonds is 23. The number of esters is 1. The van der Waals surface area contributed by atoms with Gasteiger partial charge in [-0.05, 0) is 67.8 Å². The number of alkyl halides is 23. The maximum Gasteiger partial charge on any atom is 0.471 e. The Bertz CT molecular complexity index is 1880. The lowest BCUT2D eigenvalue weighted by atomic mass is 9.86. The first-order chi connectivity index (χ1) is 28.7. The third-order valence-electron chi connectivity index (χ3n) is 9.05. The molecule has 1 heterocycles. The molecule has 0 atom stereocenters. The first-order valence-electron chi connectivity index (χ1n) is 17.5. The van der Waals surface area contributed by atoms with Gasteiger partial charge in [0, 0.05) is 12.0 Å². The molecule has 2 aromatic carbocycles. The van der Waals surface area contributed by atoms with E-state index in [-0.39, 0.29) is 35.5 Å². The van der Waals surface area contributed by atoms with E-state index in [9.17, 15) is 106 Å². The minimum absolute atomic E-state index is 0.000138. The molecule has 6 nitrogen and oxygen atoms in total. The number of benzene rings is 2. The largest absolute Gasteiger partial charge is 0.494 e. The number of ether oxygens (including phenoxy) is 5. The van der Waals surface area contributed by atoms with Crippen molar-refractivity contribution in [3.63, 3.8) is 0 Å². The lowest BCUT2D eigenvalue weighted by Crippen LogP contribution is -2.77. The summed E-state index contributed by atoms with van der Waals surface area (Å²) in [5.74, 6) is -85.5. The van der Waals surface area contributed by atoms with E-state index in [0.717, 1.165) is 31.4 Å². The predicted octanol–water partition coefficient (Wildman–Crippen LogP) is 12.1. The van der Waals surface area contributed by atoms with Gasteiger partial charge in [0.05, 0.1) is 32.0 Å². The van der Waals surface area contributed by atoms with Crippen molar-refractivity contribution in [3.05, 3.63) is 54.1 Å². The first kappa shape index (κ1) is 54.2. The molecule has 29 heteroatoms. The minimum Gasteiger partial charge on any atom is -0.494 e. The van der Waals surface area contributed by atoms with E-state index in [1.807, 2.05) is 6.92 Å². The Labute approximate surface area is 343 Å². The lowest BCUT2D eigenvalue weighted by molar-refractivity contribution is -0.483. The Morgan fingerprint density at radius 3 is 1.28 bits per heavy atom. The molecule has 0 radical (unpaired) electrons. The molecule has 64 heavy (non-hydrogen) atoms. The van der Waals surface area contributed by atoms with E-state index in [0.29, 0.717) is 45.0 Å². The van der Waals surface area contributed by atoms with Gasteiger partial charge < -0.3 is 23.7 Å². The highest BCUT2D eigenvalue weighted by atomic mass is 19.4. The molecule has 0 spiro atoms. The highest BCUT2D eigenvalue weighted by molar-refractivity contribution is 5.91. The molecule has 0 saturated carbocycles. The second-order valence-electron chi connectivity index (χ2n) is 14.3. The second kappa shape index (κ2) is 17.9.